The number of aromatic nitrogens is 3. The summed E-state index contributed by atoms with van der Waals surface area (Å²) >= 11 is 3.39. The number of benzene rings is 1. The number of carbonyl (C=O) groups is 2. The predicted octanol–water partition coefficient (Wildman–Crippen LogP) is 5.08. The second kappa shape index (κ2) is 11.4. The standard InChI is InChI=1S/C27H33BrN6O3/c1-18-14-34(17-30-18)23-11-19(10-22(13-23)31-25(35)24-12-20(28)7-8-29-24)15-33-9-5-6-21(16-33)32-26(36)37-27(2,3)4/h7-8,10-14,17,21H,5-6,9,15-16H2,1-4H3,(H,31,35)(H,32,36)/t21-/m0/s1. The largest absolute Gasteiger partial charge is 0.444 e. The number of piperidine rings is 1. The lowest BCUT2D eigenvalue weighted by Gasteiger charge is -2.33. The molecule has 1 aromatic carbocycles. The highest BCUT2D eigenvalue weighted by Crippen LogP contribution is 2.23. The van der Waals surface area contributed by atoms with Crippen LogP contribution in [0.15, 0.2) is 53.5 Å². The normalized spacial score (nSPS) is 16.3. The average Bonchev–Trinajstić information content (AvgIpc) is 3.24. The van der Waals surface area contributed by atoms with Crippen molar-refractivity contribution in [3.8, 4) is 5.69 Å². The van der Waals surface area contributed by atoms with Gasteiger partial charge in [-0.15, -0.1) is 0 Å². The van der Waals surface area contributed by atoms with Gasteiger partial charge in [-0.3, -0.25) is 14.7 Å². The summed E-state index contributed by atoms with van der Waals surface area (Å²) in [6.07, 6.45) is 6.79. The molecule has 1 atom stereocenters. The number of pyridine rings is 1. The molecule has 0 radical (unpaired) electrons. The first-order chi connectivity index (χ1) is 17.5. The van der Waals surface area contributed by atoms with Gasteiger partial charge in [0.2, 0.25) is 0 Å². The molecule has 3 aromatic rings. The summed E-state index contributed by atoms with van der Waals surface area (Å²) < 4.78 is 8.16. The third-order valence-corrected chi connectivity index (χ3v) is 6.33. The minimum atomic E-state index is -0.531. The molecule has 2 N–H and O–H groups in total. The van der Waals surface area contributed by atoms with Gasteiger partial charge in [0.25, 0.3) is 5.91 Å². The number of rotatable bonds is 6. The van der Waals surface area contributed by atoms with Crippen molar-refractivity contribution in [3.05, 3.63) is 70.5 Å². The molecule has 0 unspecified atom stereocenters. The van der Waals surface area contributed by atoms with Crippen molar-refractivity contribution in [1.29, 1.82) is 0 Å². The molecule has 196 valence electrons. The summed E-state index contributed by atoms with van der Waals surface area (Å²) in [5, 5.41) is 6.00. The molecule has 2 amide bonds. The van der Waals surface area contributed by atoms with Gasteiger partial charge >= 0.3 is 6.09 Å². The Balaban J connectivity index is 1.51. The fourth-order valence-electron chi connectivity index (χ4n) is 4.32. The van der Waals surface area contributed by atoms with Crippen molar-refractivity contribution < 1.29 is 14.3 Å². The summed E-state index contributed by atoms with van der Waals surface area (Å²) in [7, 11) is 0. The third kappa shape index (κ3) is 7.87. The molecule has 1 fully saturated rings. The lowest BCUT2D eigenvalue weighted by molar-refractivity contribution is 0.0470. The molecule has 9 nitrogen and oxygen atoms in total. The van der Waals surface area contributed by atoms with Crippen molar-refractivity contribution in [2.24, 2.45) is 0 Å². The monoisotopic (exact) mass is 568 g/mol. The van der Waals surface area contributed by atoms with Crippen LogP contribution in [-0.4, -0.2) is 56.2 Å². The maximum atomic E-state index is 12.9. The van der Waals surface area contributed by atoms with E-state index in [-0.39, 0.29) is 18.0 Å². The van der Waals surface area contributed by atoms with Gasteiger partial charge in [0.05, 0.1) is 12.0 Å². The van der Waals surface area contributed by atoms with E-state index in [2.05, 4.69) is 47.5 Å². The lowest BCUT2D eigenvalue weighted by atomic mass is 10.0. The van der Waals surface area contributed by atoms with Gasteiger partial charge in [0, 0.05) is 47.4 Å². The van der Waals surface area contributed by atoms with Crippen LogP contribution in [-0.2, 0) is 11.3 Å². The molecule has 1 aliphatic rings. The maximum Gasteiger partial charge on any atom is 0.407 e. The van der Waals surface area contributed by atoms with Crippen LogP contribution in [0.5, 0.6) is 0 Å². The number of hydrogen-bond donors (Lipinski definition) is 2. The van der Waals surface area contributed by atoms with Crippen molar-refractivity contribution in [2.45, 2.75) is 58.7 Å². The Morgan fingerprint density at radius 2 is 2.00 bits per heavy atom. The fourth-order valence-corrected chi connectivity index (χ4v) is 4.66. The number of aryl methyl sites for hydroxylation is 1. The highest BCUT2D eigenvalue weighted by molar-refractivity contribution is 9.10. The Kier molecular flexibility index (Phi) is 8.29. The number of amides is 2. The number of nitrogens with one attached hydrogen (secondary N) is 2. The molecule has 0 bridgehead atoms. The molecule has 3 heterocycles. The molecule has 0 aliphatic carbocycles. The van der Waals surface area contributed by atoms with E-state index in [4.69, 9.17) is 4.74 Å². The van der Waals surface area contributed by atoms with E-state index >= 15 is 0 Å². The van der Waals surface area contributed by atoms with E-state index in [1.807, 2.05) is 50.6 Å². The highest BCUT2D eigenvalue weighted by atomic mass is 79.9. The van der Waals surface area contributed by atoms with Crippen LogP contribution in [0.3, 0.4) is 0 Å². The van der Waals surface area contributed by atoms with Gasteiger partial charge in [-0.25, -0.2) is 9.78 Å². The van der Waals surface area contributed by atoms with Crippen LogP contribution in [0.25, 0.3) is 5.69 Å². The van der Waals surface area contributed by atoms with E-state index in [0.29, 0.717) is 17.9 Å². The number of hydrogen-bond acceptors (Lipinski definition) is 6. The molecule has 1 aliphatic heterocycles. The zero-order valence-electron chi connectivity index (χ0n) is 21.6. The number of halogens is 1. The number of carbonyl (C=O) groups excluding carboxylic acids is 2. The van der Waals surface area contributed by atoms with Gasteiger partial charge in [0.1, 0.15) is 11.3 Å². The lowest BCUT2D eigenvalue weighted by Crippen LogP contribution is -2.48. The van der Waals surface area contributed by atoms with Crippen LogP contribution in [0.1, 0.15) is 55.4 Å². The summed E-state index contributed by atoms with van der Waals surface area (Å²) in [5.41, 5.74) is 3.31. The zero-order chi connectivity index (χ0) is 26.6. The Hall–Kier alpha value is -3.24. The highest BCUT2D eigenvalue weighted by Gasteiger charge is 2.24. The molecule has 1 saturated heterocycles. The van der Waals surface area contributed by atoms with Crippen molar-refractivity contribution in [3.63, 3.8) is 0 Å². The first-order valence-corrected chi connectivity index (χ1v) is 13.1. The van der Waals surface area contributed by atoms with Gasteiger partial charge < -0.3 is 19.9 Å². The molecule has 4 rings (SSSR count). The SMILES string of the molecule is Cc1cn(-c2cc(CN3CCC[C@H](NC(=O)OC(C)(C)C)C3)cc(NC(=O)c3cc(Br)ccn3)c2)cn1. The number of imidazole rings is 1. The van der Waals surface area contributed by atoms with Crippen LogP contribution in [0, 0.1) is 6.92 Å². The average molecular weight is 570 g/mol. The number of nitrogens with zero attached hydrogens (tertiary/aromatic N) is 4. The number of ether oxygens (including phenoxy) is 1. The smallest absolute Gasteiger partial charge is 0.407 e. The van der Waals surface area contributed by atoms with E-state index in [0.717, 1.165) is 47.3 Å². The van der Waals surface area contributed by atoms with E-state index in [9.17, 15) is 9.59 Å². The number of anilines is 1. The minimum Gasteiger partial charge on any atom is -0.444 e. The Labute approximate surface area is 225 Å². The van der Waals surface area contributed by atoms with Gasteiger partial charge in [-0.2, -0.15) is 0 Å². The summed E-state index contributed by atoms with van der Waals surface area (Å²) in [6, 6.07) is 9.48. The second-order valence-electron chi connectivity index (χ2n) is 10.3. The van der Waals surface area contributed by atoms with Gasteiger partial charge in [-0.05, 0) is 83.0 Å². The van der Waals surface area contributed by atoms with Crippen molar-refractivity contribution >= 4 is 33.6 Å². The first kappa shape index (κ1) is 26.8. The quantitative estimate of drug-likeness (QED) is 0.430. The van der Waals surface area contributed by atoms with Gasteiger partial charge in [0.15, 0.2) is 0 Å². The van der Waals surface area contributed by atoms with Crippen molar-refractivity contribution in [1.82, 2.24) is 24.8 Å². The van der Waals surface area contributed by atoms with E-state index in [1.165, 1.54) is 0 Å². The molecule has 0 spiro atoms. The van der Waals surface area contributed by atoms with E-state index in [1.54, 1.807) is 24.7 Å². The molecule has 10 heteroatoms. The van der Waals surface area contributed by atoms with Crippen LogP contribution in [0.4, 0.5) is 10.5 Å². The molecule has 0 saturated carbocycles. The molecular weight excluding hydrogens is 536 g/mol. The zero-order valence-corrected chi connectivity index (χ0v) is 23.2. The number of likely N-dealkylation sites (tertiary alicyclic amines) is 1. The second-order valence-corrected chi connectivity index (χ2v) is 11.3. The van der Waals surface area contributed by atoms with Crippen LogP contribution in [0.2, 0.25) is 0 Å². The summed E-state index contributed by atoms with van der Waals surface area (Å²) in [6.45, 7) is 9.83. The topological polar surface area (TPSA) is 101 Å². The predicted molar refractivity (Wildman–Crippen MR) is 146 cm³/mol. The Morgan fingerprint density at radius 3 is 2.70 bits per heavy atom. The van der Waals surface area contributed by atoms with Crippen LogP contribution >= 0.6 is 15.9 Å². The molecular formula is C27H33BrN6O3. The van der Waals surface area contributed by atoms with E-state index < -0.39 is 5.60 Å². The van der Waals surface area contributed by atoms with Crippen LogP contribution < -0.4 is 10.6 Å². The maximum absolute atomic E-state index is 12.9. The van der Waals surface area contributed by atoms with Crippen molar-refractivity contribution in [2.75, 3.05) is 18.4 Å². The van der Waals surface area contributed by atoms with Gasteiger partial charge in [-0.1, -0.05) is 15.9 Å². The third-order valence-electron chi connectivity index (χ3n) is 5.83. The first-order valence-electron chi connectivity index (χ1n) is 12.3. The Bertz CT molecular complexity index is 1270. The molecule has 2 aromatic heterocycles. The summed E-state index contributed by atoms with van der Waals surface area (Å²) in [5.74, 6) is -0.286. The minimum absolute atomic E-state index is 0.0184. The molecule has 37 heavy (non-hydrogen) atoms. The fraction of sp³-hybridized carbons (Fsp3) is 0.407. The summed E-state index contributed by atoms with van der Waals surface area (Å²) in [4.78, 5) is 36.0. The number of alkyl carbamates (subject to hydrolysis) is 1. The Morgan fingerprint density at radius 1 is 1.19 bits per heavy atom.